The highest BCUT2D eigenvalue weighted by Crippen LogP contribution is 1.83. The summed E-state index contributed by atoms with van der Waals surface area (Å²) in [6, 6.07) is 0. The predicted molar refractivity (Wildman–Crippen MR) is 33.9 cm³/mol. The Hall–Kier alpha value is -0.860. The largest absolute Gasteiger partial charge is 0.411 e. The molecule has 0 bridgehead atoms. The smallest absolute Gasteiger partial charge is 0.0558 e. The molecule has 1 N–H and O–H groups in total. The summed E-state index contributed by atoms with van der Waals surface area (Å²) in [6.45, 7) is 5.66. The van der Waals surface area contributed by atoms with Gasteiger partial charge in [0.2, 0.25) is 0 Å². The van der Waals surface area contributed by atoms with E-state index in [1.165, 1.54) is 0 Å². The summed E-state index contributed by atoms with van der Waals surface area (Å²) in [5.74, 6) is 0. The van der Waals surface area contributed by atoms with Gasteiger partial charge >= 0.3 is 0 Å². The summed E-state index contributed by atoms with van der Waals surface area (Å²) < 4.78 is 0. The van der Waals surface area contributed by atoms with E-state index in [-0.39, 0.29) is 0 Å². The highest BCUT2D eigenvalue weighted by molar-refractivity contribution is 5.81. The normalized spacial score (nSPS) is 11.4. The third-order valence-electron chi connectivity index (χ3n) is 0.802. The average molecular weight is 114 g/mol. The van der Waals surface area contributed by atoms with Crippen LogP contribution in [0, 0.1) is 0 Å². The van der Waals surface area contributed by atoms with E-state index < -0.39 is 0 Å². The Labute approximate surface area is 48.7 Å². The molecular formula is C5H10N2O. The predicted octanol–water partition coefficient (Wildman–Crippen LogP) is 0.927. The molecule has 0 aromatic rings. The van der Waals surface area contributed by atoms with Crippen LogP contribution in [0.2, 0.25) is 0 Å². The molecule has 0 amide bonds. The van der Waals surface area contributed by atoms with Gasteiger partial charge in [0.25, 0.3) is 0 Å². The van der Waals surface area contributed by atoms with Crippen LogP contribution in [0.5, 0.6) is 0 Å². The Kier molecular flexibility index (Phi) is 3.84. The number of hydrogen-bond donors (Lipinski definition) is 1. The van der Waals surface area contributed by atoms with Gasteiger partial charge in [-0.1, -0.05) is 5.16 Å². The molecule has 0 saturated carbocycles. The summed E-state index contributed by atoms with van der Waals surface area (Å²) >= 11 is 0. The minimum Gasteiger partial charge on any atom is -0.411 e. The second-order valence-electron chi connectivity index (χ2n) is 1.53. The van der Waals surface area contributed by atoms with E-state index in [2.05, 4.69) is 16.9 Å². The maximum absolute atomic E-state index is 8.09. The zero-order valence-corrected chi connectivity index (χ0v) is 4.96. The van der Waals surface area contributed by atoms with Crippen LogP contribution in [0.25, 0.3) is 0 Å². The molecular weight excluding hydrogens is 104 g/mol. The molecule has 0 aliphatic rings. The third kappa shape index (κ3) is 3.33. The van der Waals surface area contributed by atoms with E-state index in [0.29, 0.717) is 18.7 Å². The fraction of sp³-hybridized carbons (Fsp3) is 0.600. The van der Waals surface area contributed by atoms with Crippen LogP contribution in [0.4, 0.5) is 0 Å². The van der Waals surface area contributed by atoms with Crippen LogP contribution in [0.3, 0.4) is 0 Å². The molecule has 0 atom stereocenters. The number of rotatable bonds is 3. The molecule has 0 spiro atoms. The second-order valence-corrected chi connectivity index (χ2v) is 1.53. The summed E-state index contributed by atoms with van der Waals surface area (Å²) in [6.07, 6.45) is 0.694. The second kappa shape index (κ2) is 4.30. The van der Waals surface area contributed by atoms with Gasteiger partial charge in [-0.2, -0.15) is 0 Å². The van der Waals surface area contributed by atoms with Crippen molar-refractivity contribution in [2.24, 2.45) is 10.1 Å². The summed E-state index contributed by atoms with van der Waals surface area (Å²) in [5, 5.41) is 11.0. The Balaban J connectivity index is 3.24. The van der Waals surface area contributed by atoms with Crippen molar-refractivity contribution in [2.75, 3.05) is 6.54 Å². The number of nitrogens with zero attached hydrogens (tertiary/aromatic N) is 2. The number of aliphatic imine (C=N–C) groups is 1. The zero-order chi connectivity index (χ0) is 6.41. The van der Waals surface area contributed by atoms with Crippen molar-refractivity contribution in [3.63, 3.8) is 0 Å². The lowest BCUT2D eigenvalue weighted by Crippen LogP contribution is -1.92. The standard InChI is InChI=1S/C5H10N2O/c1-5(7-8)3-4-6-2/h8H,2-4H2,1H3/b7-5-. The van der Waals surface area contributed by atoms with Gasteiger partial charge in [0, 0.05) is 13.0 Å². The lowest BCUT2D eigenvalue weighted by molar-refractivity contribution is 0.317. The first kappa shape index (κ1) is 7.14. The van der Waals surface area contributed by atoms with E-state index in [9.17, 15) is 0 Å². The Morgan fingerprint density at radius 1 is 1.75 bits per heavy atom. The lowest BCUT2D eigenvalue weighted by Gasteiger charge is -1.89. The van der Waals surface area contributed by atoms with Gasteiger partial charge in [0.1, 0.15) is 0 Å². The molecule has 46 valence electrons. The molecule has 3 nitrogen and oxygen atoms in total. The SMILES string of the molecule is C=NCC/C(C)=N\O. The van der Waals surface area contributed by atoms with Gasteiger partial charge in [-0.25, -0.2) is 0 Å². The lowest BCUT2D eigenvalue weighted by atomic mass is 10.3. The molecule has 0 aromatic carbocycles. The maximum Gasteiger partial charge on any atom is 0.0558 e. The highest BCUT2D eigenvalue weighted by Gasteiger charge is 1.86. The van der Waals surface area contributed by atoms with Crippen molar-refractivity contribution < 1.29 is 5.21 Å². The van der Waals surface area contributed by atoms with Crippen molar-refractivity contribution in [3.05, 3.63) is 0 Å². The van der Waals surface area contributed by atoms with Crippen molar-refractivity contribution in [3.8, 4) is 0 Å². The van der Waals surface area contributed by atoms with Crippen LogP contribution in [-0.2, 0) is 0 Å². The maximum atomic E-state index is 8.09. The van der Waals surface area contributed by atoms with Gasteiger partial charge in [-0.3, -0.25) is 0 Å². The van der Waals surface area contributed by atoms with E-state index >= 15 is 0 Å². The number of hydrogen-bond acceptors (Lipinski definition) is 3. The first-order valence-corrected chi connectivity index (χ1v) is 2.41. The van der Waals surface area contributed by atoms with Crippen molar-refractivity contribution in [1.82, 2.24) is 0 Å². The van der Waals surface area contributed by atoms with Crippen LogP contribution >= 0.6 is 0 Å². The molecule has 0 rings (SSSR count). The topological polar surface area (TPSA) is 45.0 Å². The van der Waals surface area contributed by atoms with Gasteiger partial charge in [-0.05, 0) is 13.6 Å². The molecule has 0 saturated heterocycles. The fourth-order valence-electron chi connectivity index (χ4n) is 0.291. The van der Waals surface area contributed by atoms with E-state index in [0.717, 1.165) is 0 Å². The average Bonchev–Trinajstić information content (AvgIpc) is 1.83. The minimum absolute atomic E-state index is 0.635. The molecule has 0 aliphatic heterocycles. The monoisotopic (exact) mass is 114 g/mol. The third-order valence-corrected chi connectivity index (χ3v) is 0.802. The van der Waals surface area contributed by atoms with Gasteiger partial charge in [-0.15, -0.1) is 0 Å². The fourth-order valence-corrected chi connectivity index (χ4v) is 0.291. The van der Waals surface area contributed by atoms with Gasteiger partial charge in [0.15, 0.2) is 0 Å². The zero-order valence-electron chi connectivity index (χ0n) is 4.96. The Morgan fingerprint density at radius 2 is 2.38 bits per heavy atom. The van der Waals surface area contributed by atoms with Crippen LogP contribution < -0.4 is 0 Å². The summed E-state index contributed by atoms with van der Waals surface area (Å²) in [5.41, 5.74) is 0.692. The van der Waals surface area contributed by atoms with Gasteiger partial charge < -0.3 is 10.2 Å². The molecule has 0 unspecified atom stereocenters. The Morgan fingerprint density at radius 3 is 2.75 bits per heavy atom. The van der Waals surface area contributed by atoms with E-state index in [1.807, 2.05) is 0 Å². The van der Waals surface area contributed by atoms with Crippen LogP contribution in [0.1, 0.15) is 13.3 Å². The Bertz CT molecular complexity index is 98.6. The molecule has 3 heteroatoms. The first-order chi connectivity index (χ1) is 3.81. The molecule has 0 aliphatic carbocycles. The first-order valence-electron chi connectivity index (χ1n) is 2.41. The highest BCUT2D eigenvalue weighted by atomic mass is 16.4. The van der Waals surface area contributed by atoms with Crippen LogP contribution in [0.15, 0.2) is 10.1 Å². The molecule has 0 aromatic heterocycles. The molecule has 0 heterocycles. The van der Waals surface area contributed by atoms with E-state index in [4.69, 9.17) is 5.21 Å². The summed E-state index contributed by atoms with van der Waals surface area (Å²) in [7, 11) is 0. The molecule has 0 fully saturated rings. The summed E-state index contributed by atoms with van der Waals surface area (Å²) in [4.78, 5) is 3.58. The number of oxime groups is 1. The van der Waals surface area contributed by atoms with Crippen molar-refractivity contribution >= 4 is 12.4 Å². The van der Waals surface area contributed by atoms with Crippen molar-refractivity contribution in [2.45, 2.75) is 13.3 Å². The molecule has 0 radical (unpaired) electrons. The quantitative estimate of drug-likeness (QED) is 0.331. The van der Waals surface area contributed by atoms with Crippen LogP contribution in [-0.4, -0.2) is 24.2 Å². The molecule has 8 heavy (non-hydrogen) atoms. The van der Waals surface area contributed by atoms with E-state index in [1.54, 1.807) is 6.92 Å². The van der Waals surface area contributed by atoms with Crippen molar-refractivity contribution in [1.29, 1.82) is 0 Å². The minimum atomic E-state index is 0.635. The van der Waals surface area contributed by atoms with Gasteiger partial charge in [0.05, 0.1) is 5.71 Å².